The topological polar surface area (TPSA) is 234 Å². The van der Waals surface area contributed by atoms with Crippen molar-refractivity contribution in [1.29, 1.82) is 0 Å². The number of hydrogen-bond acceptors (Lipinski definition) is 8. The summed E-state index contributed by atoms with van der Waals surface area (Å²) < 4.78 is 0. The van der Waals surface area contributed by atoms with Gasteiger partial charge in [0.05, 0.1) is 12.5 Å². The fraction of sp³-hybridized carbons (Fsp3) is 0.542. The van der Waals surface area contributed by atoms with Crippen LogP contribution in [0.4, 0.5) is 0 Å². The van der Waals surface area contributed by atoms with E-state index < -0.39 is 66.2 Å². The Morgan fingerprint density at radius 1 is 0.865 bits per heavy atom. The molecule has 0 saturated heterocycles. The van der Waals surface area contributed by atoms with E-state index in [2.05, 4.69) is 16.0 Å². The van der Waals surface area contributed by atoms with Gasteiger partial charge in [-0.3, -0.25) is 19.2 Å². The van der Waals surface area contributed by atoms with Gasteiger partial charge in [-0.05, 0) is 43.0 Å². The minimum absolute atomic E-state index is 0.0217. The first-order chi connectivity index (χ1) is 17.3. The van der Waals surface area contributed by atoms with Crippen molar-refractivity contribution in [3.8, 4) is 5.75 Å². The molecule has 0 saturated carbocycles. The molecule has 4 atom stereocenters. The van der Waals surface area contributed by atoms with E-state index in [-0.39, 0.29) is 18.6 Å². The molecule has 37 heavy (non-hydrogen) atoms. The third kappa shape index (κ3) is 11.3. The zero-order chi connectivity index (χ0) is 28.1. The minimum Gasteiger partial charge on any atom is -0.508 e. The van der Waals surface area contributed by atoms with Crippen molar-refractivity contribution in [2.45, 2.75) is 70.1 Å². The highest BCUT2D eigenvalue weighted by molar-refractivity contribution is 5.95. The summed E-state index contributed by atoms with van der Waals surface area (Å²) in [6.07, 6.45) is 0.610. The number of carboxylic acid groups (broad SMARTS) is 2. The number of benzene rings is 1. The second kappa shape index (κ2) is 15.4. The van der Waals surface area contributed by atoms with Gasteiger partial charge in [-0.1, -0.05) is 32.4 Å². The van der Waals surface area contributed by atoms with Crippen LogP contribution < -0.4 is 27.4 Å². The molecule has 0 aromatic heterocycles. The Balaban J connectivity index is 3.11. The highest BCUT2D eigenvalue weighted by Gasteiger charge is 2.32. The molecule has 0 bridgehead atoms. The fourth-order valence-corrected chi connectivity index (χ4v) is 3.42. The Morgan fingerprint density at radius 2 is 1.43 bits per heavy atom. The molecule has 206 valence electrons. The predicted octanol–water partition coefficient (Wildman–Crippen LogP) is -0.939. The van der Waals surface area contributed by atoms with Crippen LogP contribution in [0.5, 0.6) is 5.75 Å². The Bertz CT molecular complexity index is 938. The van der Waals surface area contributed by atoms with Crippen LogP contribution in [0, 0.1) is 5.92 Å². The second-order valence-electron chi connectivity index (χ2n) is 9.05. The van der Waals surface area contributed by atoms with Crippen molar-refractivity contribution in [3.63, 3.8) is 0 Å². The summed E-state index contributed by atoms with van der Waals surface area (Å²) in [7, 11) is 0. The maximum Gasteiger partial charge on any atom is 0.326 e. The maximum atomic E-state index is 13.0. The molecule has 1 aromatic carbocycles. The van der Waals surface area contributed by atoms with Crippen LogP contribution in [-0.2, 0) is 30.4 Å². The number of rotatable bonds is 16. The molecular weight excluding hydrogens is 486 g/mol. The van der Waals surface area contributed by atoms with Gasteiger partial charge >= 0.3 is 11.9 Å². The number of nitrogens with one attached hydrogen (secondary N) is 3. The molecule has 0 heterocycles. The quantitative estimate of drug-likeness (QED) is 0.124. The number of carbonyl (C=O) groups is 5. The van der Waals surface area contributed by atoms with Crippen LogP contribution >= 0.6 is 0 Å². The molecule has 3 amide bonds. The number of aromatic hydroxyl groups is 1. The van der Waals surface area contributed by atoms with E-state index in [0.717, 1.165) is 0 Å². The summed E-state index contributed by atoms with van der Waals surface area (Å²) in [6, 6.07) is 0.678. The normalized spacial score (nSPS) is 14.2. The summed E-state index contributed by atoms with van der Waals surface area (Å²) in [5, 5.41) is 35.3. The minimum atomic E-state index is -1.54. The number of unbranched alkanes of at least 4 members (excludes halogenated alkanes) is 1. The Labute approximate surface area is 215 Å². The van der Waals surface area contributed by atoms with Crippen molar-refractivity contribution >= 4 is 29.7 Å². The van der Waals surface area contributed by atoms with Crippen LogP contribution in [-0.4, -0.2) is 75.7 Å². The highest BCUT2D eigenvalue weighted by atomic mass is 16.4. The summed E-state index contributed by atoms with van der Waals surface area (Å²) in [6.45, 7) is 3.62. The van der Waals surface area contributed by atoms with Gasteiger partial charge in [0, 0.05) is 6.42 Å². The number of phenolic OH excluding ortho intramolecular Hbond substituents is 1. The average Bonchev–Trinajstić information content (AvgIpc) is 2.82. The summed E-state index contributed by atoms with van der Waals surface area (Å²) in [5.41, 5.74) is 11.8. The molecular formula is C24H37N5O8. The van der Waals surface area contributed by atoms with E-state index in [0.29, 0.717) is 24.9 Å². The monoisotopic (exact) mass is 523 g/mol. The Morgan fingerprint density at radius 3 is 1.95 bits per heavy atom. The van der Waals surface area contributed by atoms with Gasteiger partial charge < -0.3 is 42.7 Å². The van der Waals surface area contributed by atoms with Crippen LogP contribution in [0.1, 0.15) is 45.1 Å². The van der Waals surface area contributed by atoms with Gasteiger partial charge in [-0.15, -0.1) is 0 Å². The van der Waals surface area contributed by atoms with Crippen molar-refractivity contribution in [2.24, 2.45) is 17.4 Å². The van der Waals surface area contributed by atoms with Gasteiger partial charge in [-0.2, -0.15) is 0 Å². The SMILES string of the molecule is CC(C)C(NC(=O)C(Cc1ccc(O)cc1)NC(=O)C(CC(=O)O)NC(=O)C(N)CCCCN)C(=O)O. The number of carbonyl (C=O) groups excluding carboxylic acids is 3. The van der Waals surface area contributed by atoms with E-state index in [1.807, 2.05) is 0 Å². The molecule has 13 heteroatoms. The first-order valence-electron chi connectivity index (χ1n) is 11.9. The zero-order valence-corrected chi connectivity index (χ0v) is 21.0. The lowest BCUT2D eigenvalue weighted by molar-refractivity contribution is -0.144. The lowest BCUT2D eigenvalue weighted by Crippen LogP contribution is -2.58. The molecule has 0 aliphatic rings. The van der Waals surface area contributed by atoms with Gasteiger partial charge in [0.1, 0.15) is 23.9 Å². The smallest absolute Gasteiger partial charge is 0.326 e. The maximum absolute atomic E-state index is 13.0. The highest BCUT2D eigenvalue weighted by Crippen LogP contribution is 2.12. The number of carboxylic acids is 2. The second-order valence-corrected chi connectivity index (χ2v) is 9.05. The average molecular weight is 524 g/mol. The lowest BCUT2D eigenvalue weighted by atomic mass is 10.0. The lowest BCUT2D eigenvalue weighted by Gasteiger charge is -2.25. The van der Waals surface area contributed by atoms with Gasteiger partial charge in [0.25, 0.3) is 0 Å². The molecule has 10 N–H and O–H groups in total. The summed E-state index contributed by atoms with van der Waals surface area (Å²) in [4.78, 5) is 61.4. The van der Waals surface area contributed by atoms with Crippen LogP contribution in [0.3, 0.4) is 0 Å². The molecule has 0 aliphatic heterocycles. The van der Waals surface area contributed by atoms with Crippen molar-refractivity contribution in [1.82, 2.24) is 16.0 Å². The van der Waals surface area contributed by atoms with Crippen LogP contribution in [0.15, 0.2) is 24.3 Å². The molecule has 4 unspecified atom stereocenters. The van der Waals surface area contributed by atoms with E-state index in [1.54, 1.807) is 13.8 Å². The van der Waals surface area contributed by atoms with Crippen LogP contribution in [0.2, 0.25) is 0 Å². The number of hydrogen-bond donors (Lipinski definition) is 8. The molecule has 0 spiro atoms. The van der Waals surface area contributed by atoms with E-state index in [4.69, 9.17) is 11.5 Å². The third-order valence-electron chi connectivity index (χ3n) is 5.56. The molecule has 1 aromatic rings. The molecule has 0 fully saturated rings. The molecule has 13 nitrogen and oxygen atoms in total. The Kier molecular flexibility index (Phi) is 13.0. The van der Waals surface area contributed by atoms with Gasteiger partial charge in [-0.25, -0.2) is 4.79 Å². The van der Waals surface area contributed by atoms with Gasteiger partial charge in [0.2, 0.25) is 17.7 Å². The summed E-state index contributed by atoms with van der Waals surface area (Å²) in [5.74, 6) is -5.64. The number of amides is 3. The van der Waals surface area contributed by atoms with Crippen molar-refractivity contribution in [2.75, 3.05) is 6.54 Å². The molecule has 1 rings (SSSR count). The largest absolute Gasteiger partial charge is 0.508 e. The predicted molar refractivity (Wildman–Crippen MR) is 133 cm³/mol. The first kappa shape index (κ1) is 31.3. The molecule has 0 radical (unpaired) electrons. The number of nitrogens with two attached hydrogens (primary N) is 2. The standard InChI is InChI=1S/C24H37N5O8/c1-13(2)20(24(36)37)29-23(35)17(11-14-6-8-15(30)9-7-14)28-22(34)18(12-19(31)32)27-21(33)16(26)5-3-4-10-25/h6-9,13,16-18,20,30H,3-5,10-12,25-26H2,1-2H3,(H,27,33)(H,28,34)(H,29,35)(H,31,32)(H,36,37). The van der Waals surface area contributed by atoms with E-state index >= 15 is 0 Å². The van der Waals surface area contributed by atoms with Gasteiger partial charge in [0.15, 0.2) is 0 Å². The van der Waals surface area contributed by atoms with E-state index in [9.17, 15) is 39.3 Å². The number of aliphatic carboxylic acids is 2. The molecule has 0 aliphatic carbocycles. The van der Waals surface area contributed by atoms with E-state index in [1.165, 1.54) is 24.3 Å². The van der Waals surface area contributed by atoms with Crippen molar-refractivity contribution < 1.29 is 39.3 Å². The first-order valence-corrected chi connectivity index (χ1v) is 11.9. The zero-order valence-electron chi connectivity index (χ0n) is 21.0. The Hall–Kier alpha value is -3.71. The van der Waals surface area contributed by atoms with Crippen LogP contribution in [0.25, 0.3) is 0 Å². The summed E-state index contributed by atoms with van der Waals surface area (Å²) >= 11 is 0. The number of phenols is 1. The van der Waals surface area contributed by atoms with Crippen molar-refractivity contribution in [3.05, 3.63) is 29.8 Å². The fourth-order valence-electron chi connectivity index (χ4n) is 3.42. The third-order valence-corrected chi connectivity index (χ3v) is 5.56.